The molecular formula is C24H31FN3O9PS. The van der Waals surface area contributed by atoms with Crippen molar-refractivity contribution in [1.82, 2.24) is 14.6 Å². The molecule has 0 saturated carbocycles. The lowest BCUT2D eigenvalue weighted by Crippen LogP contribution is -2.54. The van der Waals surface area contributed by atoms with Crippen LogP contribution in [0.3, 0.4) is 0 Å². The van der Waals surface area contributed by atoms with E-state index in [0.29, 0.717) is 18.6 Å². The van der Waals surface area contributed by atoms with Gasteiger partial charge in [-0.15, -0.1) is 11.8 Å². The van der Waals surface area contributed by atoms with Crippen molar-refractivity contribution in [3.8, 4) is 5.75 Å². The van der Waals surface area contributed by atoms with Crippen LogP contribution in [0.2, 0.25) is 0 Å². The number of H-pyrrole nitrogens is 1. The van der Waals surface area contributed by atoms with Crippen LogP contribution in [0.25, 0.3) is 0 Å². The SMILES string of the molecule is CCCCOC(=O)C(C)NP(=O)(OC[C@@]1(F)O[C@@H](n2ccc(=O)[nH]c2=O)[C@@]2(CCS2)[C@@H]1O)Oc1ccccc1. The number of nitrogens with zero attached hydrogens (tertiary/aromatic N) is 1. The topological polar surface area (TPSA) is 158 Å². The molecule has 2 saturated heterocycles. The number of alkyl halides is 1. The minimum absolute atomic E-state index is 0.115. The highest BCUT2D eigenvalue weighted by Gasteiger charge is 2.68. The molecule has 12 nitrogen and oxygen atoms in total. The molecule has 1 spiro atoms. The van der Waals surface area contributed by atoms with Gasteiger partial charge in [0.25, 0.3) is 11.4 Å². The molecule has 4 rings (SSSR count). The third-order valence-corrected chi connectivity index (χ3v) is 9.61. The predicted octanol–water partition coefficient (Wildman–Crippen LogP) is 2.49. The molecule has 0 aliphatic carbocycles. The molecule has 2 fully saturated rings. The fraction of sp³-hybridized carbons (Fsp3) is 0.542. The van der Waals surface area contributed by atoms with Gasteiger partial charge in [0, 0.05) is 12.3 Å². The molecule has 0 amide bonds. The summed E-state index contributed by atoms with van der Waals surface area (Å²) in [5, 5.41) is 13.5. The van der Waals surface area contributed by atoms with Crippen LogP contribution in [0.5, 0.6) is 5.75 Å². The molecule has 6 atom stereocenters. The Labute approximate surface area is 227 Å². The number of ether oxygens (including phenoxy) is 2. The van der Waals surface area contributed by atoms with Gasteiger partial charge in [0.15, 0.2) is 6.23 Å². The van der Waals surface area contributed by atoms with Gasteiger partial charge < -0.3 is 19.1 Å². The van der Waals surface area contributed by atoms with Crippen molar-refractivity contribution in [1.29, 1.82) is 0 Å². The number of carbonyl (C=O) groups is 1. The van der Waals surface area contributed by atoms with Gasteiger partial charge in [-0.3, -0.25) is 23.7 Å². The maximum Gasteiger partial charge on any atom is 0.459 e. The maximum absolute atomic E-state index is 16.2. The number of benzene rings is 1. The standard InChI is InChI=1S/C24H31FN3O9PS/c1-3-4-13-34-19(30)16(2)27-38(33,37-17-8-6-5-7-9-17)35-15-24(25)20(31)23(11-14-39-23)21(36-24)28-12-10-18(29)26-22(28)32/h5-10,12,16,20-21,31H,3-4,11,13-15H2,1-2H3,(H,27,33)(H,26,29,32)/t16?,20-,21+,23+,24+,38?/m0/s1. The fourth-order valence-corrected chi connectivity index (χ4v) is 7.05. The lowest BCUT2D eigenvalue weighted by Gasteiger charge is -2.43. The third kappa shape index (κ3) is 6.31. The Bertz CT molecular complexity index is 1320. The second-order valence-corrected chi connectivity index (χ2v) is 12.4. The van der Waals surface area contributed by atoms with Crippen LogP contribution >= 0.6 is 19.5 Å². The zero-order valence-corrected chi connectivity index (χ0v) is 23.1. The molecule has 2 aliphatic heterocycles. The van der Waals surface area contributed by atoms with E-state index in [-0.39, 0.29) is 12.4 Å². The molecule has 3 N–H and O–H groups in total. The average Bonchev–Trinajstić information content (AvgIpc) is 3.11. The third-order valence-electron chi connectivity index (χ3n) is 6.41. The molecule has 0 radical (unpaired) electrons. The highest BCUT2D eigenvalue weighted by molar-refractivity contribution is 8.02. The van der Waals surface area contributed by atoms with Crippen LogP contribution in [0, 0.1) is 0 Å². The Hall–Kier alpha value is -2.48. The van der Waals surface area contributed by atoms with E-state index < -0.39 is 60.5 Å². The highest BCUT2D eigenvalue weighted by Crippen LogP contribution is 2.60. The number of aromatic nitrogens is 2. The van der Waals surface area contributed by atoms with Gasteiger partial charge in [-0.05, 0) is 37.7 Å². The molecular weight excluding hydrogens is 556 g/mol. The van der Waals surface area contributed by atoms with Crippen LogP contribution in [0.1, 0.15) is 39.3 Å². The number of aliphatic hydroxyl groups excluding tert-OH is 1. The molecule has 15 heteroatoms. The molecule has 2 aliphatic rings. The summed E-state index contributed by atoms with van der Waals surface area (Å²) in [5.41, 5.74) is -1.49. The van der Waals surface area contributed by atoms with E-state index in [1.54, 1.807) is 18.2 Å². The smallest absolute Gasteiger partial charge is 0.459 e. The number of hydrogen-bond acceptors (Lipinski definition) is 10. The molecule has 1 aromatic heterocycles. The quantitative estimate of drug-likeness (QED) is 0.190. The number of esters is 1. The first-order valence-electron chi connectivity index (χ1n) is 12.5. The molecule has 0 bridgehead atoms. The van der Waals surface area contributed by atoms with Gasteiger partial charge in [-0.1, -0.05) is 31.5 Å². The van der Waals surface area contributed by atoms with Crippen molar-refractivity contribution in [3.63, 3.8) is 0 Å². The Morgan fingerprint density at radius 3 is 2.69 bits per heavy atom. The van der Waals surface area contributed by atoms with Crippen LogP contribution in [0.4, 0.5) is 4.39 Å². The summed E-state index contributed by atoms with van der Waals surface area (Å²) in [6.07, 6.45) is -0.180. The monoisotopic (exact) mass is 587 g/mol. The van der Waals surface area contributed by atoms with E-state index in [0.717, 1.165) is 23.3 Å². The van der Waals surface area contributed by atoms with E-state index in [4.69, 9.17) is 18.5 Å². The first-order valence-corrected chi connectivity index (χ1v) is 15.0. The van der Waals surface area contributed by atoms with E-state index in [1.165, 1.54) is 30.8 Å². The zero-order chi connectivity index (χ0) is 28.3. The molecule has 39 heavy (non-hydrogen) atoms. The minimum Gasteiger partial charge on any atom is -0.465 e. The number of hydrogen-bond donors (Lipinski definition) is 3. The van der Waals surface area contributed by atoms with Crippen molar-refractivity contribution < 1.29 is 37.4 Å². The van der Waals surface area contributed by atoms with Crippen molar-refractivity contribution in [2.75, 3.05) is 19.0 Å². The van der Waals surface area contributed by atoms with Crippen molar-refractivity contribution in [2.45, 2.75) is 62.1 Å². The molecule has 2 aromatic rings. The van der Waals surface area contributed by atoms with Gasteiger partial charge >= 0.3 is 19.4 Å². The summed E-state index contributed by atoms with van der Waals surface area (Å²) in [6, 6.07) is 7.85. The number of aliphatic hydroxyl groups is 1. The number of nitrogens with one attached hydrogen (secondary N) is 2. The van der Waals surface area contributed by atoms with E-state index in [9.17, 15) is 24.1 Å². The largest absolute Gasteiger partial charge is 0.465 e. The maximum atomic E-state index is 16.2. The van der Waals surface area contributed by atoms with E-state index in [1.807, 2.05) is 6.92 Å². The number of halogens is 1. The van der Waals surface area contributed by atoms with E-state index >= 15 is 4.39 Å². The van der Waals surface area contributed by atoms with Crippen LogP contribution in [-0.2, 0) is 23.4 Å². The molecule has 2 unspecified atom stereocenters. The Morgan fingerprint density at radius 2 is 2.08 bits per heavy atom. The van der Waals surface area contributed by atoms with Crippen LogP contribution in [-0.4, -0.2) is 62.3 Å². The molecule has 3 heterocycles. The number of para-hydroxylation sites is 1. The summed E-state index contributed by atoms with van der Waals surface area (Å²) >= 11 is 1.20. The van der Waals surface area contributed by atoms with Gasteiger partial charge in [0.05, 0.1) is 11.4 Å². The summed E-state index contributed by atoms with van der Waals surface area (Å²) in [6.45, 7) is 2.43. The molecule has 214 valence electrons. The summed E-state index contributed by atoms with van der Waals surface area (Å²) < 4.78 is 51.4. The second-order valence-electron chi connectivity index (χ2n) is 9.28. The van der Waals surface area contributed by atoms with Crippen molar-refractivity contribution in [2.24, 2.45) is 0 Å². The van der Waals surface area contributed by atoms with E-state index in [2.05, 4.69) is 10.1 Å². The van der Waals surface area contributed by atoms with Gasteiger partial charge in [-0.2, -0.15) is 5.09 Å². The van der Waals surface area contributed by atoms with Gasteiger partial charge in [0.1, 0.15) is 24.5 Å². The van der Waals surface area contributed by atoms with Crippen LogP contribution < -0.4 is 20.9 Å². The van der Waals surface area contributed by atoms with Crippen molar-refractivity contribution in [3.05, 3.63) is 63.4 Å². The van der Waals surface area contributed by atoms with Gasteiger partial charge in [-0.25, -0.2) is 13.8 Å². The Morgan fingerprint density at radius 1 is 1.36 bits per heavy atom. The summed E-state index contributed by atoms with van der Waals surface area (Å²) in [7, 11) is -4.46. The van der Waals surface area contributed by atoms with Gasteiger partial charge in [0.2, 0.25) is 0 Å². The number of rotatable bonds is 12. The number of aromatic amines is 1. The lowest BCUT2D eigenvalue weighted by molar-refractivity contribution is -0.204. The summed E-state index contributed by atoms with van der Waals surface area (Å²) in [5.74, 6) is -2.95. The normalized spacial score (nSPS) is 28.4. The second kappa shape index (κ2) is 11.9. The number of carbonyl (C=O) groups excluding carboxylic acids is 1. The Balaban J connectivity index is 1.55. The first-order chi connectivity index (χ1) is 18.5. The predicted molar refractivity (Wildman–Crippen MR) is 140 cm³/mol. The van der Waals surface area contributed by atoms with Crippen LogP contribution in [0.15, 0.2) is 52.2 Å². The summed E-state index contributed by atoms with van der Waals surface area (Å²) in [4.78, 5) is 38.4. The minimum atomic E-state index is -4.46. The molecule has 1 aromatic carbocycles. The number of unbranched alkanes of at least 4 members (excludes halogenated alkanes) is 1. The first kappa shape index (κ1) is 29.5. The highest BCUT2D eigenvalue weighted by atomic mass is 32.2. The lowest BCUT2D eigenvalue weighted by atomic mass is 9.93. The Kier molecular flexibility index (Phi) is 9.04. The van der Waals surface area contributed by atoms with Crippen molar-refractivity contribution >= 4 is 25.5 Å². The average molecular weight is 588 g/mol. The number of thioether (sulfide) groups is 1. The fourth-order valence-electron chi connectivity index (χ4n) is 4.23. The zero-order valence-electron chi connectivity index (χ0n) is 21.4.